The summed E-state index contributed by atoms with van der Waals surface area (Å²) in [6.07, 6.45) is 2.24. The van der Waals surface area contributed by atoms with Crippen LogP contribution in [-0.2, 0) is 9.53 Å². The van der Waals surface area contributed by atoms with Gasteiger partial charge in [-0.05, 0) is 42.2 Å². The number of carbonyl (C=O) groups excluding carboxylic acids is 1. The second-order valence-corrected chi connectivity index (χ2v) is 7.98. The predicted octanol–water partition coefficient (Wildman–Crippen LogP) is 4.30. The summed E-state index contributed by atoms with van der Waals surface area (Å²) in [4.78, 5) is 17.0. The maximum atomic E-state index is 12.3. The number of benzene rings is 2. The molecule has 0 bridgehead atoms. The van der Waals surface area contributed by atoms with Crippen molar-refractivity contribution in [3.8, 4) is 16.9 Å². The lowest BCUT2D eigenvalue weighted by Gasteiger charge is -2.12. The molecule has 6 heteroatoms. The highest BCUT2D eigenvalue weighted by Gasteiger charge is 2.16. The van der Waals surface area contributed by atoms with Crippen LogP contribution in [0.25, 0.3) is 22.0 Å². The number of aromatic nitrogens is 1. The highest BCUT2D eigenvalue weighted by molar-refractivity contribution is 7.99. The maximum Gasteiger partial charge on any atom is 0.230 e. The molecule has 4 rings (SSSR count). The zero-order valence-corrected chi connectivity index (χ0v) is 17.2. The van der Waals surface area contributed by atoms with Gasteiger partial charge in [0, 0.05) is 24.6 Å². The molecule has 1 amide bonds. The lowest BCUT2D eigenvalue weighted by molar-refractivity contribution is -0.119. The normalized spacial score (nSPS) is 16.1. The molecule has 2 aromatic carbocycles. The second-order valence-electron chi connectivity index (χ2n) is 6.98. The van der Waals surface area contributed by atoms with E-state index in [0.29, 0.717) is 12.3 Å². The van der Waals surface area contributed by atoms with Gasteiger partial charge in [-0.3, -0.25) is 4.79 Å². The van der Waals surface area contributed by atoms with Crippen LogP contribution in [0, 0.1) is 0 Å². The third-order valence-electron chi connectivity index (χ3n) is 4.98. The molecule has 1 aliphatic rings. The molecule has 29 heavy (non-hydrogen) atoms. The first kappa shape index (κ1) is 19.7. The zero-order valence-electron chi connectivity index (χ0n) is 16.4. The number of hydrogen-bond donors (Lipinski definition) is 1. The van der Waals surface area contributed by atoms with Crippen molar-refractivity contribution in [2.24, 2.45) is 0 Å². The van der Waals surface area contributed by atoms with Crippen molar-refractivity contribution in [2.45, 2.75) is 24.0 Å². The van der Waals surface area contributed by atoms with Crippen LogP contribution >= 0.6 is 11.8 Å². The summed E-state index contributed by atoms with van der Waals surface area (Å²) < 4.78 is 10.9. The molecule has 1 aromatic heterocycles. The lowest BCUT2D eigenvalue weighted by atomic mass is 10.0. The molecule has 0 aliphatic carbocycles. The number of methoxy groups -OCH3 is 1. The summed E-state index contributed by atoms with van der Waals surface area (Å²) in [5.74, 6) is 1.09. The van der Waals surface area contributed by atoms with Crippen LogP contribution in [0.3, 0.4) is 0 Å². The quantitative estimate of drug-likeness (QED) is 0.591. The van der Waals surface area contributed by atoms with E-state index in [0.717, 1.165) is 52.3 Å². The third-order valence-corrected chi connectivity index (χ3v) is 5.89. The molecule has 1 saturated heterocycles. The highest BCUT2D eigenvalue weighted by Crippen LogP contribution is 2.33. The third kappa shape index (κ3) is 4.89. The smallest absolute Gasteiger partial charge is 0.230 e. The van der Waals surface area contributed by atoms with Gasteiger partial charge in [0.25, 0.3) is 0 Å². The van der Waals surface area contributed by atoms with Gasteiger partial charge in [0.1, 0.15) is 5.75 Å². The van der Waals surface area contributed by atoms with Gasteiger partial charge in [-0.2, -0.15) is 0 Å². The van der Waals surface area contributed by atoms with Gasteiger partial charge in [0.05, 0.1) is 29.5 Å². The molecular formula is C23H24N2O3S. The first-order valence-electron chi connectivity index (χ1n) is 9.78. The van der Waals surface area contributed by atoms with Crippen LogP contribution < -0.4 is 10.1 Å². The van der Waals surface area contributed by atoms with Crippen molar-refractivity contribution >= 4 is 28.6 Å². The van der Waals surface area contributed by atoms with Crippen LogP contribution in [0.15, 0.2) is 59.6 Å². The monoisotopic (exact) mass is 408 g/mol. The average molecular weight is 409 g/mol. The van der Waals surface area contributed by atoms with Gasteiger partial charge in [0.2, 0.25) is 5.91 Å². The summed E-state index contributed by atoms with van der Waals surface area (Å²) in [5, 5.41) is 4.84. The number of pyridine rings is 1. The Bertz CT molecular complexity index is 988. The Labute approximate surface area is 174 Å². The fraction of sp³-hybridized carbons (Fsp3) is 0.304. The summed E-state index contributed by atoms with van der Waals surface area (Å²) in [5.41, 5.74) is 3.07. The van der Waals surface area contributed by atoms with Crippen LogP contribution in [0.5, 0.6) is 5.75 Å². The molecule has 150 valence electrons. The van der Waals surface area contributed by atoms with Crippen LogP contribution in [-0.4, -0.2) is 43.0 Å². The van der Waals surface area contributed by atoms with Crippen molar-refractivity contribution in [1.82, 2.24) is 10.3 Å². The van der Waals surface area contributed by atoms with Crippen molar-refractivity contribution in [3.05, 3.63) is 54.6 Å². The minimum absolute atomic E-state index is 0.000648. The molecule has 5 nitrogen and oxygen atoms in total. The van der Waals surface area contributed by atoms with E-state index < -0.39 is 0 Å². The highest BCUT2D eigenvalue weighted by atomic mass is 32.2. The first-order chi connectivity index (χ1) is 14.2. The molecule has 1 aliphatic heterocycles. The fourth-order valence-electron chi connectivity index (χ4n) is 3.46. The number of amides is 1. The minimum atomic E-state index is -0.000648. The van der Waals surface area contributed by atoms with E-state index in [2.05, 4.69) is 23.5 Å². The molecule has 1 N–H and O–H groups in total. The van der Waals surface area contributed by atoms with E-state index in [1.54, 1.807) is 7.11 Å². The molecule has 0 radical (unpaired) electrons. The largest absolute Gasteiger partial charge is 0.497 e. The van der Waals surface area contributed by atoms with E-state index in [-0.39, 0.29) is 12.0 Å². The van der Waals surface area contributed by atoms with Gasteiger partial charge in [0.15, 0.2) is 0 Å². The fourth-order valence-corrected chi connectivity index (χ4v) is 4.21. The van der Waals surface area contributed by atoms with E-state index in [1.807, 2.05) is 36.4 Å². The predicted molar refractivity (Wildman–Crippen MR) is 116 cm³/mol. The number of fused-ring (bicyclic) bond motifs is 1. The van der Waals surface area contributed by atoms with Crippen molar-refractivity contribution in [1.29, 1.82) is 0 Å². The summed E-state index contributed by atoms with van der Waals surface area (Å²) in [6.45, 7) is 1.37. The topological polar surface area (TPSA) is 60.5 Å². The summed E-state index contributed by atoms with van der Waals surface area (Å²) in [6, 6.07) is 18.2. The average Bonchev–Trinajstić information content (AvgIpc) is 3.29. The van der Waals surface area contributed by atoms with E-state index in [1.165, 1.54) is 11.8 Å². The van der Waals surface area contributed by atoms with Gasteiger partial charge >= 0.3 is 0 Å². The number of nitrogens with one attached hydrogen (secondary N) is 1. The second kappa shape index (κ2) is 9.29. The Morgan fingerprint density at radius 1 is 1.24 bits per heavy atom. The molecule has 0 spiro atoms. The lowest BCUT2D eigenvalue weighted by Crippen LogP contribution is -2.32. The van der Waals surface area contributed by atoms with Crippen LogP contribution in [0.2, 0.25) is 0 Å². The molecule has 0 saturated carbocycles. The van der Waals surface area contributed by atoms with Crippen molar-refractivity contribution < 1.29 is 14.3 Å². The van der Waals surface area contributed by atoms with Gasteiger partial charge in [-0.25, -0.2) is 4.98 Å². The number of carbonyl (C=O) groups is 1. The van der Waals surface area contributed by atoms with Gasteiger partial charge in [-0.1, -0.05) is 42.1 Å². The van der Waals surface area contributed by atoms with Crippen LogP contribution in [0.4, 0.5) is 0 Å². The number of ether oxygens (including phenoxy) is 2. The SMILES string of the molecule is COc1ccc2c(-c3ccccc3)cc(SCC(=O)NCC3CCCO3)nc2c1. The van der Waals surface area contributed by atoms with E-state index >= 15 is 0 Å². The zero-order chi connectivity index (χ0) is 20.1. The standard InChI is InChI=1S/C23H24N2O3S/c1-27-17-9-10-19-20(16-6-3-2-4-7-16)13-23(25-21(19)12-17)29-15-22(26)24-14-18-8-5-11-28-18/h2-4,6-7,9-10,12-13,18H,5,8,11,14-15H2,1H3,(H,24,26). The number of thioether (sulfide) groups is 1. The summed E-state index contributed by atoms with van der Waals surface area (Å²) in [7, 11) is 1.65. The number of rotatable bonds is 7. The first-order valence-corrected chi connectivity index (χ1v) is 10.8. The Balaban J connectivity index is 1.54. The summed E-state index contributed by atoms with van der Waals surface area (Å²) >= 11 is 1.44. The minimum Gasteiger partial charge on any atom is -0.497 e. The molecule has 1 unspecified atom stereocenters. The Morgan fingerprint density at radius 3 is 2.86 bits per heavy atom. The number of hydrogen-bond acceptors (Lipinski definition) is 5. The number of nitrogens with zero attached hydrogens (tertiary/aromatic N) is 1. The van der Waals surface area contributed by atoms with Crippen LogP contribution in [0.1, 0.15) is 12.8 Å². The Hall–Kier alpha value is -2.57. The molecular weight excluding hydrogens is 384 g/mol. The van der Waals surface area contributed by atoms with E-state index in [4.69, 9.17) is 14.5 Å². The van der Waals surface area contributed by atoms with E-state index in [9.17, 15) is 4.79 Å². The maximum absolute atomic E-state index is 12.3. The molecule has 1 fully saturated rings. The molecule has 3 aromatic rings. The molecule has 1 atom stereocenters. The van der Waals surface area contributed by atoms with Gasteiger partial charge < -0.3 is 14.8 Å². The van der Waals surface area contributed by atoms with Crippen molar-refractivity contribution in [3.63, 3.8) is 0 Å². The Kier molecular flexibility index (Phi) is 6.32. The Morgan fingerprint density at radius 2 is 2.10 bits per heavy atom. The molecule has 2 heterocycles. The van der Waals surface area contributed by atoms with Gasteiger partial charge in [-0.15, -0.1) is 0 Å². The van der Waals surface area contributed by atoms with Crippen molar-refractivity contribution in [2.75, 3.05) is 26.0 Å².